The zero-order valence-corrected chi connectivity index (χ0v) is 10.8. The van der Waals surface area contributed by atoms with E-state index in [1.165, 1.54) is 5.56 Å². The predicted octanol–water partition coefficient (Wildman–Crippen LogP) is 3.05. The highest BCUT2D eigenvalue weighted by Gasteiger charge is 2.17. The molecule has 4 heteroatoms. The summed E-state index contributed by atoms with van der Waals surface area (Å²) in [5.41, 5.74) is 1.23. The molecule has 0 bridgehead atoms. The molecule has 0 aliphatic rings. The van der Waals surface area contributed by atoms with E-state index in [4.69, 9.17) is 4.55 Å². The summed E-state index contributed by atoms with van der Waals surface area (Å²) in [5, 5.41) is 0. The summed E-state index contributed by atoms with van der Waals surface area (Å²) < 4.78 is 30.6. The fourth-order valence-electron chi connectivity index (χ4n) is 1.67. The van der Waals surface area contributed by atoms with E-state index in [2.05, 4.69) is 6.58 Å². The van der Waals surface area contributed by atoms with Crippen molar-refractivity contribution in [2.45, 2.75) is 26.2 Å². The van der Waals surface area contributed by atoms with Gasteiger partial charge in [0.25, 0.3) is 10.1 Å². The first-order chi connectivity index (χ1) is 7.91. The number of benzene rings is 1. The van der Waals surface area contributed by atoms with E-state index in [1.807, 2.05) is 30.3 Å². The first-order valence-electron chi connectivity index (χ1n) is 5.61. The van der Waals surface area contributed by atoms with Crippen LogP contribution < -0.4 is 0 Å². The van der Waals surface area contributed by atoms with Crippen LogP contribution in [0, 0.1) is 5.92 Å². The van der Waals surface area contributed by atoms with Crippen molar-refractivity contribution in [2.24, 2.45) is 5.92 Å². The molecule has 0 aliphatic heterocycles. The van der Waals surface area contributed by atoms with E-state index in [1.54, 1.807) is 6.92 Å². The van der Waals surface area contributed by atoms with Gasteiger partial charge in [-0.2, -0.15) is 8.42 Å². The summed E-state index contributed by atoms with van der Waals surface area (Å²) in [4.78, 5) is -0.0921. The lowest BCUT2D eigenvalue weighted by atomic mass is 10.0. The zero-order chi connectivity index (χ0) is 12.9. The molecule has 1 aromatic rings. The highest BCUT2D eigenvalue weighted by Crippen LogP contribution is 2.20. The topological polar surface area (TPSA) is 54.4 Å². The van der Waals surface area contributed by atoms with Crippen molar-refractivity contribution >= 4 is 10.1 Å². The fraction of sp³-hybridized carbons (Fsp3) is 0.385. The molecular weight excluding hydrogens is 236 g/mol. The summed E-state index contributed by atoms with van der Waals surface area (Å²) >= 11 is 0. The Morgan fingerprint density at radius 2 is 1.94 bits per heavy atom. The Kier molecular flexibility index (Phi) is 4.90. The lowest BCUT2D eigenvalue weighted by Gasteiger charge is -2.11. The Balaban J connectivity index is 2.40. The van der Waals surface area contributed by atoms with Gasteiger partial charge in [-0.1, -0.05) is 43.8 Å². The normalized spacial score (nSPS) is 13.3. The minimum absolute atomic E-state index is 0.0921. The summed E-state index contributed by atoms with van der Waals surface area (Å²) in [5.74, 6) is -0.214. The Bertz CT molecular complexity index is 463. The summed E-state index contributed by atoms with van der Waals surface area (Å²) in [6.07, 6.45) is 2.48. The second kappa shape index (κ2) is 5.98. The molecule has 0 saturated heterocycles. The molecule has 1 N–H and O–H groups in total. The van der Waals surface area contributed by atoms with Crippen LogP contribution in [0.25, 0.3) is 0 Å². The molecule has 0 radical (unpaired) electrons. The molecule has 3 nitrogen and oxygen atoms in total. The third-order valence-corrected chi connectivity index (χ3v) is 3.89. The van der Waals surface area contributed by atoms with E-state index in [0.717, 1.165) is 12.8 Å². The number of rotatable bonds is 6. The van der Waals surface area contributed by atoms with Gasteiger partial charge in [0.15, 0.2) is 0 Å². The van der Waals surface area contributed by atoms with Crippen molar-refractivity contribution < 1.29 is 13.0 Å². The van der Waals surface area contributed by atoms with Crippen molar-refractivity contribution in [2.75, 3.05) is 0 Å². The molecule has 0 fully saturated rings. The van der Waals surface area contributed by atoms with Crippen LogP contribution in [-0.2, 0) is 16.5 Å². The Morgan fingerprint density at radius 1 is 1.35 bits per heavy atom. The lowest BCUT2D eigenvalue weighted by Crippen LogP contribution is -2.09. The number of aryl methyl sites for hydroxylation is 1. The minimum Gasteiger partial charge on any atom is -0.282 e. The smallest absolute Gasteiger partial charge is 0.282 e. The number of allylic oxidation sites excluding steroid dienone is 1. The van der Waals surface area contributed by atoms with E-state index in [0.29, 0.717) is 6.42 Å². The summed E-state index contributed by atoms with van der Waals surface area (Å²) in [6, 6.07) is 10.0. The van der Waals surface area contributed by atoms with Crippen molar-refractivity contribution in [3.63, 3.8) is 0 Å². The average Bonchev–Trinajstić information content (AvgIpc) is 2.28. The molecule has 0 aromatic heterocycles. The van der Waals surface area contributed by atoms with Gasteiger partial charge in [-0.25, -0.2) is 0 Å². The summed E-state index contributed by atoms with van der Waals surface area (Å²) in [7, 11) is -4.09. The van der Waals surface area contributed by atoms with Gasteiger partial charge in [0.05, 0.1) is 4.91 Å². The lowest BCUT2D eigenvalue weighted by molar-refractivity contribution is 0.478. The van der Waals surface area contributed by atoms with Crippen LogP contribution in [0.5, 0.6) is 0 Å². The second-order valence-corrected chi connectivity index (χ2v) is 5.69. The van der Waals surface area contributed by atoms with E-state index >= 15 is 0 Å². The van der Waals surface area contributed by atoms with E-state index in [-0.39, 0.29) is 10.8 Å². The van der Waals surface area contributed by atoms with E-state index < -0.39 is 10.1 Å². The van der Waals surface area contributed by atoms with Gasteiger partial charge in [0.1, 0.15) is 0 Å². The Hall–Kier alpha value is -1.13. The van der Waals surface area contributed by atoms with Crippen LogP contribution in [-0.4, -0.2) is 13.0 Å². The molecule has 0 spiro atoms. The highest BCUT2D eigenvalue weighted by molar-refractivity contribution is 7.89. The maximum absolute atomic E-state index is 10.9. The Labute approximate surface area is 103 Å². The van der Waals surface area contributed by atoms with E-state index in [9.17, 15) is 8.42 Å². The van der Waals surface area contributed by atoms with Crippen LogP contribution in [0.4, 0.5) is 0 Å². The van der Waals surface area contributed by atoms with Crippen molar-refractivity contribution in [3.05, 3.63) is 47.4 Å². The first kappa shape index (κ1) is 13.9. The third-order valence-electron chi connectivity index (χ3n) is 2.83. The molecular formula is C13H18O3S. The molecule has 94 valence electrons. The molecule has 0 aliphatic carbocycles. The molecule has 17 heavy (non-hydrogen) atoms. The van der Waals surface area contributed by atoms with Crippen molar-refractivity contribution in [1.82, 2.24) is 0 Å². The molecule has 1 rings (SSSR count). The monoisotopic (exact) mass is 254 g/mol. The van der Waals surface area contributed by atoms with Gasteiger partial charge in [-0.3, -0.25) is 4.55 Å². The van der Waals surface area contributed by atoms with Gasteiger partial charge in [0, 0.05) is 0 Å². The molecule has 0 saturated carbocycles. The van der Waals surface area contributed by atoms with Crippen LogP contribution in [0.1, 0.15) is 25.3 Å². The Morgan fingerprint density at radius 3 is 2.47 bits per heavy atom. The van der Waals surface area contributed by atoms with Gasteiger partial charge in [-0.15, -0.1) is 0 Å². The van der Waals surface area contributed by atoms with Crippen LogP contribution in [0.15, 0.2) is 41.8 Å². The highest BCUT2D eigenvalue weighted by atomic mass is 32.2. The predicted molar refractivity (Wildman–Crippen MR) is 69.2 cm³/mol. The molecule has 0 unspecified atom stereocenters. The quantitative estimate of drug-likeness (QED) is 0.794. The van der Waals surface area contributed by atoms with Crippen LogP contribution in [0.2, 0.25) is 0 Å². The number of hydrogen-bond donors (Lipinski definition) is 1. The minimum atomic E-state index is -4.09. The van der Waals surface area contributed by atoms with Crippen molar-refractivity contribution in [1.29, 1.82) is 0 Å². The van der Waals surface area contributed by atoms with Gasteiger partial charge >= 0.3 is 0 Å². The van der Waals surface area contributed by atoms with Crippen LogP contribution in [0.3, 0.4) is 0 Å². The van der Waals surface area contributed by atoms with Gasteiger partial charge in [-0.05, 0) is 30.7 Å². The zero-order valence-electron chi connectivity index (χ0n) is 9.96. The number of hydrogen-bond acceptors (Lipinski definition) is 2. The fourth-order valence-corrected chi connectivity index (χ4v) is 2.30. The maximum Gasteiger partial charge on any atom is 0.290 e. The molecule has 1 atom stereocenters. The standard InChI is InChI=1S/C13H18O3S/c1-11(12(2)17(14,15)16)7-6-10-13-8-4-3-5-9-13/h3-5,8-9,11H,2,6-7,10H2,1H3,(H,14,15,16)/t11-/m1/s1. The SMILES string of the molecule is C=C([C@H](C)CCCc1ccccc1)S(=O)(=O)O. The average molecular weight is 254 g/mol. The molecule has 0 heterocycles. The summed E-state index contributed by atoms with van der Waals surface area (Å²) in [6.45, 7) is 5.18. The second-order valence-electron chi connectivity index (χ2n) is 4.22. The third kappa shape index (κ3) is 4.71. The van der Waals surface area contributed by atoms with Gasteiger partial charge in [0.2, 0.25) is 0 Å². The van der Waals surface area contributed by atoms with Crippen LogP contribution >= 0.6 is 0 Å². The molecule has 0 amide bonds. The maximum atomic E-state index is 10.9. The largest absolute Gasteiger partial charge is 0.290 e. The van der Waals surface area contributed by atoms with Crippen molar-refractivity contribution in [3.8, 4) is 0 Å². The molecule has 1 aromatic carbocycles. The first-order valence-corrected chi connectivity index (χ1v) is 7.05. The van der Waals surface area contributed by atoms with Gasteiger partial charge < -0.3 is 0 Å².